The molecule has 1 aliphatic heterocycles. The van der Waals surface area contributed by atoms with Gasteiger partial charge >= 0.3 is 0 Å². The minimum Gasteiger partial charge on any atom is -0.349 e. The second-order valence-corrected chi connectivity index (χ2v) is 6.04. The zero-order valence-corrected chi connectivity index (χ0v) is 13.3. The molecule has 1 aliphatic rings. The van der Waals surface area contributed by atoms with Crippen LogP contribution in [0, 0.1) is 16.0 Å². The molecule has 0 saturated carbocycles. The van der Waals surface area contributed by atoms with Gasteiger partial charge in [-0.2, -0.15) is 0 Å². The van der Waals surface area contributed by atoms with Crippen molar-refractivity contribution in [1.82, 2.24) is 10.2 Å². The number of non-ortho nitro benzene ring substituents is 1. The molecular weight excluding hydrogens is 298 g/mol. The summed E-state index contributed by atoms with van der Waals surface area (Å²) in [5.74, 6) is -0.207. The van der Waals surface area contributed by atoms with Crippen LogP contribution in [-0.4, -0.2) is 40.8 Å². The van der Waals surface area contributed by atoms with E-state index in [1.807, 2.05) is 18.7 Å². The van der Waals surface area contributed by atoms with Crippen molar-refractivity contribution >= 4 is 17.5 Å². The summed E-state index contributed by atoms with van der Waals surface area (Å²) in [6, 6.07) is 5.66. The first-order chi connectivity index (χ1) is 10.9. The van der Waals surface area contributed by atoms with Crippen molar-refractivity contribution in [3.63, 3.8) is 0 Å². The van der Waals surface area contributed by atoms with Crippen molar-refractivity contribution in [1.29, 1.82) is 0 Å². The molecule has 23 heavy (non-hydrogen) atoms. The lowest BCUT2D eigenvalue weighted by atomic mass is 10.0. The lowest BCUT2D eigenvalue weighted by Crippen LogP contribution is -2.47. The van der Waals surface area contributed by atoms with Crippen LogP contribution in [0.3, 0.4) is 0 Å². The van der Waals surface area contributed by atoms with Gasteiger partial charge < -0.3 is 10.2 Å². The molecular formula is C16H21N3O4. The molecule has 0 aliphatic carbocycles. The predicted octanol–water partition coefficient (Wildman–Crippen LogP) is 1.97. The largest absolute Gasteiger partial charge is 0.349 e. The fourth-order valence-corrected chi connectivity index (χ4v) is 2.64. The summed E-state index contributed by atoms with van der Waals surface area (Å²) < 4.78 is 0. The Hall–Kier alpha value is -2.44. The van der Waals surface area contributed by atoms with E-state index in [4.69, 9.17) is 0 Å². The highest BCUT2D eigenvalue weighted by molar-refractivity contribution is 5.95. The monoisotopic (exact) mass is 319 g/mol. The number of benzene rings is 1. The number of nitro benzene ring substituents is 1. The highest BCUT2D eigenvalue weighted by Crippen LogP contribution is 2.16. The molecule has 0 aromatic heterocycles. The zero-order valence-electron chi connectivity index (χ0n) is 13.3. The van der Waals surface area contributed by atoms with Gasteiger partial charge in [-0.25, -0.2) is 0 Å². The topological polar surface area (TPSA) is 92.6 Å². The third-order valence-electron chi connectivity index (χ3n) is 3.95. The van der Waals surface area contributed by atoms with Gasteiger partial charge in [0.15, 0.2) is 0 Å². The Kier molecular flexibility index (Phi) is 5.31. The minimum atomic E-state index is -0.521. The molecule has 1 aromatic carbocycles. The number of nitro groups is 1. The molecule has 0 radical (unpaired) electrons. The second-order valence-electron chi connectivity index (χ2n) is 6.04. The van der Waals surface area contributed by atoms with Crippen molar-refractivity contribution in [2.75, 3.05) is 13.1 Å². The maximum atomic E-state index is 12.2. The Labute approximate surface area is 134 Å². The van der Waals surface area contributed by atoms with Crippen LogP contribution < -0.4 is 5.32 Å². The average Bonchev–Trinajstić information content (AvgIpc) is 2.54. The van der Waals surface area contributed by atoms with E-state index in [2.05, 4.69) is 5.32 Å². The highest BCUT2D eigenvalue weighted by atomic mass is 16.6. The zero-order chi connectivity index (χ0) is 17.0. The van der Waals surface area contributed by atoms with Crippen molar-refractivity contribution in [2.45, 2.75) is 32.7 Å². The number of carbonyl (C=O) groups is 2. The van der Waals surface area contributed by atoms with Crippen molar-refractivity contribution in [3.05, 3.63) is 39.9 Å². The maximum absolute atomic E-state index is 12.2. The highest BCUT2D eigenvalue weighted by Gasteiger charge is 2.25. The SMILES string of the molecule is CC(C)C(=O)N1CCC(NC(=O)c2cccc([N+](=O)[O-])c2)CC1. The molecule has 1 heterocycles. The van der Waals surface area contributed by atoms with Crippen molar-refractivity contribution in [3.8, 4) is 0 Å². The third kappa shape index (κ3) is 4.28. The Balaban J connectivity index is 1.91. The number of hydrogen-bond donors (Lipinski definition) is 1. The number of rotatable bonds is 4. The van der Waals surface area contributed by atoms with Crippen LogP contribution in [0.4, 0.5) is 5.69 Å². The van der Waals surface area contributed by atoms with E-state index in [-0.39, 0.29) is 35.0 Å². The van der Waals surface area contributed by atoms with Gasteiger partial charge in [0.05, 0.1) is 4.92 Å². The molecule has 7 heteroatoms. The third-order valence-corrected chi connectivity index (χ3v) is 3.95. The minimum absolute atomic E-state index is 0.0158. The first-order valence-corrected chi connectivity index (χ1v) is 7.72. The summed E-state index contributed by atoms with van der Waals surface area (Å²) >= 11 is 0. The number of likely N-dealkylation sites (tertiary alicyclic amines) is 1. The summed E-state index contributed by atoms with van der Waals surface area (Å²) in [5, 5.41) is 13.6. The first kappa shape index (κ1) is 16.9. The molecule has 1 N–H and O–H groups in total. The van der Waals surface area contributed by atoms with Gasteiger partial charge in [-0.05, 0) is 18.9 Å². The molecule has 1 fully saturated rings. The normalized spacial score (nSPS) is 15.5. The summed E-state index contributed by atoms with van der Waals surface area (Å²) in [7, 11) is 0. The second kappa shape index (κ2) is 7.21. The van der Waals surface area contributed by atoms with Gasteiger partial charge in [0.1, 0.15) is 0 Å². The van der Waals surface area contributed by atoms with Crippen LogP contribution in [-0.2, 0) is 4.79 Å². The van der Waals surface area contributed by atoms with Gasteiger partial charge in [0.25, 0.3) is 11.6 Å². The molecule has 0 bridgehead atoms. The molecule has 1 saturated heterocycles. The van der Waals surface area contributed by atoms with E-state index in [9.17, 15) is 19.7 Å². The Morgan fingerprint density at radius 2 is 1.96 bits per heavy atom. The quantitative estimate of drug-likeness (QED) is 0.678. The number of piperidine rings is 1. The average molecular weight is 319 g/mol. The molecule has 124 valence electrons. The van der Waals surface area contributed by atoms with Crippen LogP contribution in [0.25, 0.3) is 0 Å². The summed E-state index contributed by atoms with van der Waals surface area (Å²) in [5.41, 5.74) is 0.176. The van der Waals surface area contributed by atoms with E-state index in [1.54, 1.807) is 6.07 Å². The van der Waals surface area contributed by atoms with E-state index < -0.39 is 4.92 Å². The van der Waals surface area contributed by atoms with Crippen molar-refractivity contribution in [2.24, 2.45) is 5.92 Å². The fraction of sp³-hybridized carbons (Fsp3) is 0.500. The van der Waals surface area contributed by atoms with Gasteiger partial charge in [-0.3, -0.25) is 19.7 Å². The van der Waals surface area contributed by atoms with E-state index >= 15 is 0 Å². The Morgan fingerprint density at radius 1 is 1.30 bits per heavy atom. The molecule has 0 spiro atoms. The predicted molar refractivity (Wildman–Crippen MR) is 85.0 cm³/mol. The number of carbonyl (C=O) groups excluding carboxylic acids is 2. The van der Waals surface area contributed by atoms with Crippen LogP contribution in [0.2, 0.25) is 0 Å². The van der Waals surface area contributed by atoms with Crippen LogP contribution in [0.15, 0.2) is 24.3 Å². The lowest BCUT2D eigenvalue weighted by Gasteiger charge is -2.33. The summed E-state index contributed by atoms with van der Waals surface area (Å²) in [6.45, 7) is 4.99. The number of nitrogens with zero attached hydrogens (tertiary/aromatic N) is 2. The first-order valence-electron chi connectivity index (χ1n) is 7.72. The summed E-state index contributed by atoms with van der Waals surface area (Å²) in [6.07, 6.45) is 1.39. The molecule has 0 atom stereocenters. The number of amides is 2. The van der Waals surface area contributed by atoms with Crippen LogP contribution in [0.1, 0.15) is 37.0 Å². The number of nitrogens with one attached hydrogen (secondary N) is 1. The lowest BCUT2D eigenvalue weighted by molar-refractivity contribution is -0.384. The summed E-state index contributed by atoms with van der Waals surface area (Å²) in [4.78, 5) is 36.2. The Morgan fingerprint density at radius 3 is 2.52 bits per heavy atom. The fourth-order valence-electron chi connectivity index (χ4n) is 2.64. The van der Waals surface area contributed by atoms with Gasteiger partial charge in [0.2, 0.25) is 5.91 Å². The van der Waals surface area contributed by atoms with Gasteiger partial charge in [0, 0.05) is 42.7 Å². The molecule has 2 rings (SSSR count). The number of hydrogen-bond acceptors (Lipinski definition) is 4. The molecule has 1 aromatic rings. The van der Waals surface area contributed by atoms with E-state index in [1.165, 1.54) is 18.2 Å². The van der Waals surface area contributed by atoms with E-state index in [0.717, 1.165) is 0 Å². The van der Waals surface area contributed by atoms with Gasteiger partial charge in [-0.15, -0.1) is 0 Å². The van der Waals surface area contributed by atoms with Crippen LogP contribution in [0.5, 0.6) is 0 Å². The molecule has 7 nitrogen and oxygen atoms in total. The van der Waals surface area contributed by atoms with E-state index in [0.29, 0.717) is 25.9 Å². The standard InChI is InChI=1S/C16H21N3O4/c1-11(2)16(21)18-8-6-13(7-9-18)17-15(20)12-4-3-5-14(10-12)19(22)23/h3-5,10-11,13H,6-9H2,1-2H3,(H,17,20). The Bertz CT molecular complexity index is 607. The molecule has 0 unspecified atom stereocenters. The smallest absolute Gasteiger partial charge is 0.270 e. The van der Waals surface area contributed by atoms with Gasteiger partial charge in [-0.1, -0.05) is 19.9 Å². The van der Waals surface area contributed by atoms with Crippen molar-refractivity contribution < 1.29 is 14.5 Å². The van der Waals surface area contributed by atoms with Crippen LogP contribution >= 0.6 is 0 Å². The molecule has 2 amide bonds. The maximum Gasteiger partial charge on any atom is 0.270 e.